The van der Waals surface area contributed by atoms with Gasteiger partial charge in [0, 0.05) is 18.8 Å². The molecule has 2 aromatic rings. The Morgan fingerprint density at radius 3 is 2.70 bits per heavy atom. The van der Waals surface area contributed by atoms with Crippen LogP contribution in [-0.4, -0.2) is 23.6 Å². The summed E-state index contributed by atoms with van der Waals surface area (Å²) in [4.78, 5) is 25.2. The summed E-state index contributed by atoms with van der Waals surface area (Å²) in [6.45, 7) is 6.67. The molecule has 1 unspecified atom stereocenters. The van der Waals surface area contributed by atoms with Gasteiger partial charge in [0.05, 0.1) is 18.0 Å². The molecule has 1 atom stereocenters. The number of hydrogen-bond donors (Lipinski definition) is 1. The van der Waals surface area contributed by atoms with Crippen LogP contribution in [-0.2, 0) is 6.54 Å². The van der Waals surface area contributed by atoms with Gasteiger partial charge in [0.25, 0.3) is 5.91 Å². The van der Waals surface area contributed by atoms with Crippen molar-refractivity contribution in [1.29, 1.82) is 0 Å². The highest BCUT2D eigenvalue weighted by molar-refractivity contribution is 5.97. The number of benzene rings is 1. The molecule has 0 spiro atoms. The Kier molecular flexibility index (Phi) is 5.42. The molecule has 124 valence electrons. The van der Waals surface area contributed by atoms with Gasteiger partial charge >= 0.3 is 0 Å². The highest BCUT2D eigenvalue weighted by atomic mass is 16.5. The van der Waals surface area contributed by atoms with Crippen LogP contribution in [0.1, 0.15) is 44.0 Å². The lowest BCUT2D eigenvalue weighted by molar-refractivity contribution is 0.0936. The van der Waals surface area contributed by atoms with E-state index in [0.29, 0.717) is 17.7 Å². The van der Waals surface area contributed by atoms with Crippen molar-refractivity contribution in [2.45, 2.75) is 46.2 Å². The van der Waals surface area contributed by atoms with Crippen LogP contribution in [0.2, 0.25) is 0 Å². The maximum absolute atomic E-state index is 12.7. The highest BCUT2D eigenvalue weighted by Crippen LogP contribution is 2.19. The van der Waals surface area contributed by atoms with E-state index in [4.69, 9.17) is 4.74 Å². The monoisotopic (exact) mass is 316 g/mol. The van der Waals surface area contributed by atoms with Crippen molar-refractivity contribution < 1.29 is 9.53 Å². The highest BCUT2D eigenvalue weighted by Gasteiger charge is 2.17. The summed E-state index contributed by atoms with van der Waals surface area (Å²) in [6, 6.07) is 5.40. The predicted molar refractivity (Wildman–Crippen MR) is 92.3 cm³/mol. The molecule has 1 aromatic carbocycles. The van der Waals surface area contributed by atoms with Crippen LogP contribution in [0.4, 0.5) is 0 Å². The molecule has 0 bridgehead atoms. The zero-order valence-corrected chi connectivity index (χ0v) is 14.2. The van der Waals surface area contributed by atoms with E-state index in [1.807, 2.05) is 30.5 Å². The van der Waals surface area contributed by atoms with Gasteiger partial charge in [0.2, 0.25) is 5.43 Å². The van der Waals surface area contributed by atoms with E-state index < -0.39 is 0 Å². The Labute approximate surface area is 136 Å². The lowest BCUT2D eigenvalue weighted by atomic mass is 10.1. The molecule has 5 heteroatoms. The van der Waals surface area contributed by atoms with E-state index in [1.54, 1.807) is 19.4 Å². The summed E-state index contributed by atoms with van der Waals surface area (Å²) in [6.07, 6.45) is 3.51. The summed E-state index contributed by atoms with van der Waals surface area (Å²) >= 11 is 0. The zero-order chi connectivity index (χ0) is 17.0. The molecule has 1 N–H and O–H groups in total. The number of carbonyl (C=O) groups excluding carboxylic acids is 1. The molecule has 0 fully saturated rings. The number of aromatic nitrogens is 1. The predicted octanol–water partition coefficient (Wildman–Crippen LogP) is 2.95. The summed E-state index contributed by atoms with van der Waals surface area (Å²) in [5, 5.41) is 3.40. The van der Waals surface area contributed by atoms with Gasteiger partial charge in [0.1, 0.15) is 11.3 Å². The maximum Gasteiger partial charge on any atom is 0.256 e. The first-order chi connectivity index (χ1) is 11.0. The van der Waals surface area contributed by atoms with Gasteiger partial charge in [-0.15, -0.1) is 0 Å². The molecular formula is C18H24N2O3. The standard InChI is InChI=1S/C18H24N2O3/c1-5-7-12(3)19-18(22)15-11-20(6-2)16-9-8-13(23-4)10-14(16)17(15)21/h8-12H,5-7H2,1-4H3,(H,19,22). The molecule has 0 aliphatic heterocycles. The number of rotatable bonds is 6. The first-order valence-corrected chi connectivity index (χ1v) is 8.03. The first kappa shape index (κ1) is 17.1. The SMILES string of the molecule is CCCC(C)NC(=O)c1cn(CC)c2ccc(OC)cc2c1=O. The number of ether oxygens (including phenoxy) is 1. The Balaban J connectivity index is 2.54. The van der Waals surface area contributed by atoms with Gasteiger partial charge in [-0.2, -0.15) is 0 Å². The van der Waals surface area contributed by atoms with Crippen molar-refractivity contribution in [2.24, 2.45) is 0 Å². The van der Waals surface area contributed by atoms with Crippen LogP contribution < -0.4 is 15.5 Å². The van der Waals surface area contributed by atoms with Crippen LogP contribution in [0.3, 0.4) is 0 Å². The van der Waals surface area contributed by atoms with Crippen molar-refractivity contribution >= 4 is 16.8 Å². The number of pyridine rings is 1. The van der Waals surface area contributed by atoms with Crippen molar-refractivity contribution in [3.63, 3.8) is 0 Å². The molecule has 0 radical (unpaired) electrons. The van der Waals surface area contributed by atoms with E-state index in [0.717, 1.165) is 18.4 Å². The zero-order valence-electron chi connectivity index (χ0n) is 14.2. The van der Waals surface area contributed by atoms with E-state index in [9.17, 15) is 9.59 Å². The molecule has 1 heterocycles. The minimum Gasteiger partial charge on any atom is -0.497 e. The van der Waals surface area contributed by atoms with E-state index in [1.165, 1.54) is 0 Å². The van der Waals surface area contributed by atoms with Crippen molar-refractivity contribution in [2.75, 3.05) is 7.11 Å². The number of amides is 1. The second-order valence-corrected chi connectivity index (χ2v) is 5.70. The van der Waals surface area contributed by atoms with Crippen molar-refractivity contribution in [1.82, 2.24) is 9.88 Å². The van der Waals surface area contributed by atoms with Gasteiger partial charge in [-0.05, 0) is 38.5 Å². The van der Waals surface area contributed by atoms with Crippen LogP contribution in [0.5, 0.6) is 5.75 Å². The third-order valence-corrected chi connectivity index (χ3v) is 3.97. The molecule has 23 heavy (non-hydrogen) atoms. The Hall–Kier alpha value is -2.30. The number of fused-ring (bicyclic) bond motifs is 1. The Morgan fingerprint density at radius 2 is 2.09 bits per heavy atom. The molecule has 1 aromatic heterocycles. The average Bonchev–Trinajstić information content (AvgIpc) is 2.55. The fourth-order valence-electron chi connectivity index (χ4n) is 2.73. The van der Waals surface area contributed by atoms with Gasteiger partial charge in [-0.25, -0.2) is 0 Å². The number of nitrogens with zero attached hydrogens (tertiary/aromatic N) is 1. The smallest absolute Gasteiger partial charge is 0.256 e. The van der Waals surface area contributed by atoms with Gasteiger partial charge in [-0.1, -0.05) is 13.3 Å². The summed E-state index contributed by atoms with van der Waals surface area (Å²) in [5.74, 6) is 0.289. The maximum atomic E-state index is 12.7. The van der Waals surface area contributed by atoms with Crippen LogP contribution in [0.25, 0.3) is 10.9 Å². The number of carbonyl (C=O) groups is 1. The van der Waals surface area contributed by atoms with Gasteiger partial charge in [0.15, 0.2) is 0 Å². The summed E-state index contributed by atoms with van der Waals surface area (Å²) in [7, 11) is 1.56. The second kappa shape index (κ2) is 7.31. The lowest BCUT2D eigenvalue weighted by Gasteiger charge is -2.15. The van der Waals surface area contributed by atoms with E-state index in [2.05, 4.69) is 12.2 Å². The molecule has 0 saturated carbocycles. The number of methoxy groups -OCH3 is 1. The van der Waals surface area contributed by atoms with Gasteiger partial charge in [-0.3, -0.25) is 9.59 Å². The first-order valence-electron chi connectivity index (χ1n) is 8.03. The van der Waals surface area contributed by atoms with Crippen molar-refractivity contribution in [3.8, 4) is 5.75 Å². The molecule has 2 rings (SSSR count). The van der Waals surface area contributed by atoms with E-state index in [-0.39, 0.29) is 22.9 Å². The topological polar surface area (TPSA) is 60.3 Å². The number of aryl methyl sites for hydroxylation is 1. The molecule has 0 aliphatic carbocycles. The molecule has 0 saturated heterocycles. The van der Waals surface area contributed by atoms with E-state index >= 15 is 0 Å². The minimum atomic E-state index is -0.317. The molecule has 0 aliphatic rings. The molecule has 5 nitrogen and oxygen atoms in total. The fourth-order valence-corrected chi connectivity index (χ4v) is 2.73. The number of hydrogen-bond acceptors (Lipinski definition) is 3. The fraction of sp³-hybridized carbons (Fsp3) is 0.444. The normalized spacial score (nSPS) is 12.2. The van der Waals surface area contributed by atoms with Crippen LogP contribution in [0, 0.1) is 0 Å². The second-order valence-electron chi connectivity index (χ2n) is 5.70. The third kappa shape index (κ3) is 3.55. The number of nitrogens with one attached hydrogen (secondary N) is 1. The summed E-state index contributed by atoms with van der Waals surface area (Å²) in [5.41, 5.74) is 0.719. The van der Waals surface area contributed by atoms with Crippen LogP contribution >= 0.6 is 0 Å². The molecule has 1 amide bonds. The van der Waals surface area contributed by atoms with Gasteiger partial charge < -0.3 is 14.6 Å². The minimum absolute atomic E-state index is 0.0444. The van der Waals surface area contributed by atoms with Crippen molar-refractivity contribution in [3.05, 3.63) is 40.2 Å². The average molecular weight is 316 g/mol. The molecular weight excluding hydrogens is 292 g/mol. The third-order valence-electron chi connectivity index (χ3n) is 3.97. The summed E-state index contributed by atoms with van der Waals surface area (Å²) < 4.78 is 7.11. The largest absolute Gasteiger partial charge is 0.497 e. The lowest BCUT2D eigenvalue weighted by Crippen LogP contribution is -2.35. The quantitative estimate of drug-likeness (QED) is 0.891. The Morgan fingerprint density at radius 1 is 1.35 bits per heavy atom. The van der Waals surface area contributed by atoms with Crippen LogP contribution in [0.15, 0.2) is 29.2 Å². The Bertz CT molecular complexity index is 765.